The lowest BCUT2D eigenvalue weighted by molar-refractivity contribution is 0.306. The summed E-state index contributed by atoms with van der Waals surface area (Å²) >= 11 is 6.05. The van der Waals surface area contributed by atoms with Crippen molar-refractivity contribution in [2.24, 2.45) is 0 Å². The first kappa shape index (κ1) is 15.8. The number of pyridine rings is 1. The number of benzene rings is 1. The maximum atomic E-state index is 6.05. The highest BCUT2D eigenvalue weighted by molar-refractivity contribution is 6.31. The Labute approximate surface area is 131 Å². The van der Waals surface area contributed by atoms with E-state index in [1.165, 1.54) is 5.56 Å². The zero-order chi connectivity index (χ0) is 15.1. The molecule has 1 unspecified atom stereocenters. The molecular weight excluding hydrogens is 284 g/mol. The third-order valence-electron chi connectivity index (χ3n) is 3.53. The summed E-state index contributed by atoms with van der Waals surface area (Å²) in [5.41, 5.74) is 2.27. The lowest BCUT2D eigenvalue weighted by Gasteiger charge is -2.11. The fourth-order valence-electron chi connectivity index (χ4n) is 1.96. The summed E-state index contributed by atoms with van der Waals surface area (Å²) in [6.07, 6.45) is 5.55. The SMILES string of the molecule is CNC(C)CCc1ccc(OCc2ccncc2Cl)cc1. The Morgan fingerprint density at radius 2 is 2.00 bits per heavy atom. The Kier molecular flexibility index (Phi) is 6.03. The normalized spacial score (nSPS) is 12.1. The Hall–Kier alpha value is -1.58. The molecule has 3 nitrogen and oxygen atoms in total. The van der Waals surface area contributed by atoms with Gasteiger partial charge in [-0.05, 0) is 50.6 Å². The molecule has 1 aromatic carbocycles. The first-order valence-corrected chi connectivity index (χ1v) is 7.54. The summed E-state index contributed by atoms with van der Waals surface area (Å²) in [6, 6.07) is 10.7. The standard InChI is InChI=1S/C17H21ClN2O/c1-13(19-2)3-4-14-5-7-16(8-6-14)21-12-15-9-10-20-11-17(15)18/h5-11,13,19H,3-4,12H2,1-2H3. The van der Waals surface area contributed by atoms with Gasteiger partial charge < -0.3 is 10.1 Å². The summed E-state index contributed by atoms with van der Waals surface area (Å²) in [5, 5.41) is 3.88. The largest absolute Gasteiger partial charge is 0.489 e. The van der Waals surface area contributed by atoms with Gasteiger partial charge in [0.15, 0.2) is 0 Å². The van der Waals surface area contributed by atoms with Crippen molar-refractivity contribution < 1.29 is 4.74 Å². The molecule has 2 rings (SSSR count). The van der Waals surface area contributed by atoms with Gasteiger partial charge in [0.25, 0.3) is 0 Å². The molecule has 0 radical (unpaired) electrons. The molecule has 1 N–H and O–H groups in total. The van der Waals surface area contributed by atoms with Gasteiger partial charge in [0.2, 0.25) is 0 Å². The Bertz CT molecular complexity index is 557. The number of ether oxygens (including phenoxy) is 1. The van der Waals surface area contributed by atoms with Crippen LogP contribution in [0.15, 0.2) is 42.7 Å². The Balaban J connectivity index is 1.86. The zero-order valence-electron chi connectivity index (χ0n) is 12.5. The number of rotatable bonds is 7. The van der Waals surface area contributed by atoms with Crippen LogP contribution >= 0.6 is 11.6 Å². The van der Waals surface area contributed by atoms with E-state index in [0.717, 1.165) is 24.2 Å². The molecular formula is C17H21ClN2O. The molecule has 1 atom stereocenters. The first-order chi connectivity index (χ1) is 10.2. The second-order valence-corrected chi connectivity index (χ2v) is 5.54. The van der Waals surface area contributed by atoms with E-state index >= 15 is 0 Å². The molecule has 21 heavy (non-hydrogen) atoms. The van der Waals surface area contributed by atoms with Crippen LogP contribution in [0.5, 0.6) is 5.75 Å². The smallest absolute Gasteiger partial charge is 0.119 e. The molecule has 112 valence electrons. The molecule has 0 fully saturated rings. The van der Waals surface area contributed by atoms with Crippen LogP contribution in [-0.2, 0) is 13.0 Å². The van der Waals surface area contributed by atoms with E-state index in [2.05, 4.69) is 29.4 Å². The fraction of sp³-hybridized carbons (Fsp3) is 0.353. The second kappa shape index (κ2) is 8.01. The van der Waals surface area contributed by atoms with Crippen LogP contribution in [-0.4, -0.2) is 18.1 Å². The number of hydrogen-bond donors (Lipinski definition) is 1. The van der Waals surface area contributed by atoms with Crippen LogP contribution in [0.2, 0.25) is 5.02 Å². The van der Waals surface area contributed by atoms with E-state index in [-0.39, 0.29) is 0 Å². The van der Waals surface area contributed by atoms with Gasteiger partial charge in [-0.25, -0.2) is 0 Å². The molecule has 2 aromatic rings. The summed E-state index contributed by atoms with van der Waals surface area (Å²) in [4.78, 5) is 3.96. The van der Waals surface area contributed by atoms with Gasteiger partial charge in [-0.1, -0.05) is 23.7 Å². The van der Waals surface area contributed by atoms with Gasteiger partial charge in [-0.3, -0.25) is 4.98 Å². The number of halogens is 1. The number of aryl methyl sites for hydroxylation is 1. The summed E-state index contributed by atoms with van der Waals surface area (Å²) in [6.45, 7) is 2.65. The predicted molar refractivity (Wildman–Crippen MR) is 86.9 cm³/mol. The highest BCUT2D eigenvalue weighted by Gasteiger charge is 2.02. The van der Waals surface area contributed by atoms with Crippen LogP contribution in [0.25, 0.3) is 0 Å². The minimum absolute atomic E-state index is 0.456. The summed E-state index contributed by atoms with van der Waals surface area (Å²) in [5.74, 6) is 0.855. The van der Waals surface area contributed by atoms with Crippen LogP contribution < -0.4 is 10.1 Å². The van der Waals surface area contributed by atoms with Gasteiger partial charge in [0.1, 0.15) is 12.4 Å². The van der Waals surface area contributed by atoms with Crippen molar-refractivity contribution in [1.29, 1.82) is 0 Å². The maximum absolute atomic E-state index is 6.05. The molecule has 1 aromatic heterocycles. The van der Waals surface area contributed by atoms with Gasteiger partial charge in [-0.2, -0.15) is 0 Å². The average molecular weight is 305 g/mol. The van der Waals surface area contributed by atoms with Crippen molar-refractivity contribution in [3.05, 3.63) is 58.9 Å². The van der Waals surface area contributed by atoms with E-state index in [4.69, 9.17) is 16.3 Å². The van der Waals surface area contributed by atoms with Gasteiger partial charge in [0, 0.05) is 24.0 Å². The number of nitrogens with one attached hydrogen (secondary N) is 1. The highest BCUT2D eigenvalue weighted by atomic mass is 35.5. The minimum Gasteiger partial charge on any atom is -0.489 e. The summed E-state index contributed by atoms with van der Waals surface area (Å²) in [7, 11) is 1.99. The zero-order valence-corrected chi connectivity index (χ0v) is 13.2. The molecule has 0 aliphatic carbocycles. The van der Waals surface area contributed by atoms with Gasteiger partial charge >= 0.3 is 0 Å². The number of hydrogen-bond acceptors (Lipinski definition) is 3. The molecule has 0 aliphatic heterocycles. The van der Waals surface area contributed by atoms with Crippen LogP contribution in [0.4, 0.5) is 0 Å². The average Bonchev–Trinajstić information content (AvgIpc) is 2.53. The van der Waals surface area contributed by atoms with E-state index < -0.39 is 0 Å². The Morgan fingerprint density at radius 3 is 2.67 bits per heavy atom. The summed E-state index contributed by atoms with van der Waals surface area (Å²) < 4.78 is 5.75. The van der Waals surface area contributed by atoms with Crippen molar-refractivity contribution in [1.82, 2.24) is 10.3 Å². The van der Waals surface area contributed by atoms with Gasteiger partial charge in [0.05, 0.1) is 5.02 Å². The van der Waals surface area contributed by atoms with Crippen molar-refractivity contribution in [2.45, 2.75) is 32.4 Å². The lowest BCUT2D eigenvalue weighted by atomic mass is 10.1. The van der Waals surface area contributed by atoms with Crippen LogP contribution in [0, 0.1) is 0 Å². The first-order valence-electron chi connectivity index (χ1n) is 7.16. The third-order valence-corrected chi connectivity index (χ3v) is 3.87. The molecule has 0 aliphatic rings. The number of aromatic nitrogens is 1. The van der Waals surface area contributed by atoms with E-state index in [9.17, 15) is 0 Å². The predicted octanol–water partition coefficient (Wildman–Crippen LogP) is 3.85. The molecule has 0 saturated heterocycles. The molecule has 1 heterocycles. The van der Waals surface area contributed by atoms with Crippen LogP contribution in [0.1, 0.15) is 24.5 Å². The molecule has 0 bridgehead atoms. The number of nitrogens with zero attached hydrogens (tertiary/aromatic N) is 1. The lowest BCUT2D eigenvalue weighted by Crippen LogP contribution is -2.21. The van der Waals surface area contributed by atoms with Crippen molar-refractivity contribution in [3.8, 4) is 5.75 Å². The van der Waals surface area contributed by atoms with Crippen LogP contribution in [0.3, 0.4) is 0 Å². The van der Waals surface area contributed by atoms with Crippen molar-refractivity contribution >= 4 is 11.6 Å². The molecule has 0 amide bonds. The topological polar surface area (TPSA) is 34.1 Å². The van der Waals surface area contributed by atoms with E-state index in [1.807, 2.05) is 25.2 Å². The molecule has 0 saturated carbocycles. The minimum atomic E-state index is 0.456. The highest BCUT2D eigenvalue weighted by Crippen LogP contribution is 2.18. The van der Waals surface area contributed by atoms with Crippen molar-refractivity contribution in [2.75, 3.05) is 7.05 Å². The van der Waals surface area contributed by atoms with E-state index in [1.54, 1.807) is 12.4 Å². The van der Waals surface area contributed by atoms with Gasteiger partial charge in [-0.15, -0.1) is 0 Å². The fourth-order valence-corrected chi connectivity index (χ4v) is 2.14. The quantitative estimate of drug-likeness (QED) is 0.843. The van der Waals surface area contributed by atoms with Crippen molar-refractivity contribution in [3.63, 3.8) is 0 Å². The maximum Gasteiger partial charge on any atom is 0.119 e. The molecule has 4 heteroatoms. The second-order valence-electron chi connectivity index (χ2n) is 5.13. The third kappa shape index (κ3) is 5.03. The monoisotopic (exact) mass is 304 g/mol. The Morgan fingerprint density at radius 1 is 1.24 bits per heavy atom. The van der Waals surface area contributed by atoms with E-state index in [0.29, 0.717) is 17.7 Å². The molecule has 0 spiro atoms.